The van der Waals surface area contributed by atoms with Gasteiger partial charge < -0.3 is 4.90 Å². The number of nitrogens with zero attached hydrogens (tertiary/aromatic N) is 1. The van der Waals surface area contributed by atoms with Gasteiger partial charge in [-0.15, -0.1) is 0 Å². The topological polar surface area (TPSA) is 20.3 Å². The van der Waals surface area contributed by atoms with E-state index < -0.39 is 0 Å². The van der Waals surface area contributed by atoms with Gasteiger partial charge in [-0.05, 0) is 38.5 Å². The van der Waals surface area contributed by atoms with E-state index in [4.69, 9.17) is 0 Å². The Balaban J connectivity index is 4.73. The van der Waals surface area contributed by atoms with E-state index in [1.54, 1.807) is 0 Å². The molecule has 0 heterocycles. The fourth-order valence-electron chi connectivity index (χ4n) is 3.24. The molecule has 0 radical (unpaired) electrons. The zero-order chi connectivity index (χ0) is 15.7. The Hall–Kier alpha value is -0.530. The van der Waals surface area contributed by atoms with Gasteiger partial charge in [-0.2, -0.15) is 0 Å². The maximum absolute atomic E-state index is 12.7. The van der Waals surface area contributed by atoms with Crippen molar-refractivity contribution < 1.29 is 4.79 Å². The third kappa shape index (κ3) is 6.28. The Bertz CT molecular complexity index is 262. The predicted molar refractivity (Wildman–Crippen MR) is 88.8 cm³/mol. The van der Waals surface area contributed by atoms with Crippen LogP contribution in [0.3, 0.4) is 0 Å². The Kier molecular flexibility index (Phi) is 9.96. The van der Waals surface area contributed by atoms with Crippen LogP contribution in [0.25, 0.3) is 0 Å². The van der Waals surface area contributed by atoms with Crippen LogP contribution in [0.15, 0.2) is 0 Å². The highest BCUT2D eigenvalue weighted by molar-refractivity contribution is 5.78. The van der Waals surface area contributed by atoms with Gasteiger partial charge in [-0.1, -0.05) is 53.9 Å². The molecule has 2 heteroatoms. The van der Waals surface area contributed by atoms with Crippen LogP contribution in [0, 0.1) is 17.8 Å². The average molecular weight is 284 g/mol. The minimum absolute atomic E-state index is 0.154. The number of amides is 1. The molecular weight excluding hydrogens is 246 g/mol. The average Bonchev–Trinajstić information content (AvgIpc) is 2.39. The molecule has 0 aromatic rings. The number of carbonyl (C=O) groups is 1. The molecule has 0 saturated carbocycles. The molecule has 0 aliphatic heterocycles. The van der Waals surface area contributed by atoms with E-state index in [1.807, 2.05) is 0 Å². The lowest BCUT2D eigenvalue weighted by atomic mass is 9.90. The third-order valence-electron chi connectivity index (χ3n) is 4.50. The lowest BCUT2D eigenvalue weighted by molar-refractivity contribution is -0.138. The van der Waals surface area contributed by atoms with Crippen molar-refractivity contribution >= 4 is 5.91 Å². The second-order valence-electron chi connectivity index (χ2n) is 6.71. The summed E-state index contributed by atoms with van der Waals surface area (Å²) in [5, 5.41) is 0. The molecule has 0 aromatic carbocycles. The lowest BCUT2D eigenvalue weighted by Crippen LogP contribution is -2.45. The highest BCUT2D eigenvalue weighted by atomic mass is 16.2. The second-order valence-corrected chi connectivity index (χ2v) is 6.71. The van der Waals surface area contributed by atoms with E-state index in [2.05, 4.69) is 53.4 Å². The maximum Gasteiger partial charge on any atom is 0.225 e. The fourth-order valence-corrected chi connectivity index (χ4v) is 3.24. The van der Waals surface area contributed by atoms with E-state index >= 15 is 0 Å². The van der Waals surface area contributed by atoms with Crippen LogP contribution in [0.5, 0.6) is 0 Å². The molecule has 120 valence electrons. The van der Waals surface area contributed by atoms with Gasteiger partial charge in [-0.25, -0.2) is 0 Å². The van der Waals surface area contributed by atoms with Gasteiger partial charge in [0.2, 0.25) is 5.91 Å². The molecule has 0 aliphatic carbocycles. The summed E-state index contributed by atoms with van der Waals surface area (Å²) >= 11 is 0. The van der Waals surface area contributed by atoms with Crippen molar-refractivity contribution in [2.45, 2.75) is 86.6 Å². The first kappa shape index (κ1) is 19.5. The number of hydrogen-bond acceptors (Lipinski definition) is 1. The van der Waals surface area contributed by atoms with E-state index in [0.29, 0.717) is 23.8 Å². The summed E-state index contributed by atoms with van der Waals surface area (Å²) in [4.78, 5) is 14.8. The maximum atomic E-state index is 12.7. The molecule has 3 atom stereocenters. The van der Waals surface area contributed by atoms with Crippen molar-refractivity contribution in [3.8, 4) is 0 Å². The van der Waals surface area contributed by atoms with Gasteiger partial charge >= 0.3 is 0 Å². The second kappa shape index (κ2) is 10.2. The van der Waals surface area contributed by atoms with Gasteiger partial charge in [0, 0.05) is 18.5 Å². The van der Waals surface area contributed by atoms with E-state index in [0.717, 1.165) is 13.0 Å². The quantitative estimate of drug-likeness (QED) is 0.545. The highest BCUT2D eigenvalue weighted by Gasteiger charge is 2.28. The molecule has 0 saturated heterocycles. The standard InChI is InChI=1S/C18H37NO/c1-8-11-12-17(9-2)16(7)19(10-3)18(20)15(6)13-14(4)5/h14-17H,8-13H2,1-7H3. The number of unbranched alkanes of at least 4 members (excludes halogenated alkanes) is 1. The summed E-state index contributed by atoms with van der Waals surface area (Å²) in [7, 11) is 0. The number of rotatable bonds is 10. The van der Waals surface area contributed by atoms with E-state index in [9.17, 15) is 4.79 Å². The summed E-state index contributed by atoms with van der Waals surface area (Å²) < 4.78 is 0. The molecule has 0 aromatic heterocycles. The summed E-state index contributed by atoms with van der Waals surface area (Å²) in [6.45, 7) is 16.2. The Morgan fingerprint density at radius 3 is 2.05 bits per heavy atom. The van der Waals surface area contributed by atoms with Crippen LogP contribution >= 0.6 is 0 Å². The van der Waals surface area contributed by atoms with Crippen molar-refractivity contribution in [2.75, 3.05) is 6.54 Å². The SMILES string of the molecule is CCCCC(CC)C(C)N(CC)C(=O)C(C)CC(C)C. The Labute approximate surface area is 127 Å². The van der Waals surface area contributed by atoms with Gasteiger partial charge in [-0.3, -0.25) is 4.79 Å². The lowest BCUT2D eigenvalue weighted by Gasteiger charge is -2.36. The van der Waals surface area contributed by atoms with E-state index in [1.165, 1.54) is 25.7 Å². The largest absolute Gasteiger partial charge is 0.340 e. The van der Waals surface area contributed by atoms with Gasteiger partial charge in [0.15, 0.2) is 0 Å². The van der Waals surface area contributed by atoms with Crippen LogP contribution in [-0.2, 0) is 4.79 Å². The molecule has 2 nitrogen and oxygen atoms in total. The van der Waals surface area contributed by atoms with Gasteiger partial charge in [0.05, 0.1) is 0 Å². The van der Waals surface area contributed by atoms with Crippen molar-refractivity contribution in [3.05, 3.63) is 0 Å². The monoisotopic (exact) mass is 283 g/mol. The molecule has 0 fully saturated rings. The molecule has 1 amide bonds. The van der Waals surface area contributed by atoms with Crippen molar-refractivity contribution in [1.82, 2.24) is 4.90 Å². The van der Waals surface area contributed by atoms with Crippen LogP contribution in [0.1, 0.15) is 80.6 Å². The number of carbonyl (C=O) groups excluding carboxylic acids is 1. The van der Waals surface area contributed by atoms with Crippen LogP contribution in [0.2, 0.25) is 0 Å². The van der Waals surface area contributed by atoms with Crippen molar-refractivity contribution in [3.63, 3.8) is 0 Å². The molecule has 0 spiro atoms. The Morgan fingerprint density at radius 2 is 1.65 bits per heavy atom. The normalized spacial score (nSPS) is 16.0. The van der Waals surface area contributed by atoms with Crippen molar-refractivity contribution in [2.24, 2.45) is 17.8 Å². The first-order valence-electron chi connectivity index (χ1n) is 8.69. The molecule has 0 bridgehead atoms. The van der Waals surface area contributed by atoms with E-state index in [-0.39, 0.29) is 5.92 Å². The predicted octanol–water partition coefficient (Wildman–Crippen LogP) is 5.12. The zero-order valence-electron chi connectivity index (χ0n) is 14.9. The molecular formula is C18H37NO. The first-order valence-corrected chi connectivity index (χ1v) is 8.69. The third-order valence-corrected chi connectivity index (χ3v) is 4.50. The minimum atomic E-state index is 0.154. The minimum Gasteiger partial charge on any atom is -0.340 e. The first-order chi connectivity index (χ1) is 9.38. The Morgan fingerprint density at radius 1 is 1.05 bits per heavy atom. The van der Waals surface area contributed by atoms with Gasteiger partial charge in [0.1, 0.15) is 0 Å². The zero-order valence-corrected chi connectivity index (χ0v) is 14.9. The highest BCUT2D eigenvalue weighted by Crippen LogP contribution is 2.24. The van der Waals surface area contributed by atoms with Crippen LogP contribution in [0.4, 0.5) is 0 Å². The van der Waals surface area contributed by atoms with Crippen LogP contribution < -0.4 is 0 Å². The number of hydrogen-bond donors (Lipinski definition) is 0. The molecule has 0 N–H and O–H groups in total. The molecule has 20 heavy (non-hydrogen) atoms. The summed E-state index contributed by atoms with van der Waals surface area (Å²) in [5.41, 5.74) is 0. The van der Waals surface area contributed by atoms with Gasteiger partial charge in [0.25, 0.3) is 0 Å². The smallest absolute Gasteiger partial charge is 0.225 e. The summed E-state index contributed by atoms with van der Waals surface area (Å²) in [6, 6.07) is 0.374. The summed E-state index contributed by atoms with van der Waals surface area (Å²) in [5.74, 6) is 1.74. The summed E-state index contributed by atoms with van der Waals surface area (Å²) in [6.07, 6.45) is 5.93. The molecule has 0 rings (SSSR count). The van der Waals surface area contributed by atoms with Crippen molar-refractivity contribution in [1.29, 1.82) is 0 Å². The molecule has 0 aliphatic rings. The van der Waals surface area contributed by atoms with Crippen LogP contribution in [-0.4, -0.2) is 23.4 Å². The fraction of sp³-hybridized carbons (Fsp3) is 0.944. The molecule has 3 unspecified atom stereocenters.